The summed E-state index contributed by atoms with van der Waals surface area (Å²) in [6, 6.07) is 6.84. The maximum absolute atomic E-state index is 13.0. The molecule has 0 spiro atoms. The highest BCUT2D eigenvalue weighted by Gasteiger charge is 2.01. The Kier molecular flexibility index (Phi) is 6.82. The minimum Gasteiger partial charge on any atom is -0.320 e. The average Bonchev–Trinajstić information content (AvgIpc) is 2.29. The molecule has 0 bridgehead atoms. The van der Waals surface area contributed by atoms with Crippen molar-refractivity contribution in [2.45, 2.75) is 25.8 Å². The zero-order valence-electron chi connectivity index (χ0n) is 10.9. The number of hydrogen-bond donors (Lipinski definition) is 1. The Morgan fingerprint density at radius 1 is 1.24 bits per heavy atom. The van der Waals surface area contributed by atoms with Crippen molar-refractivity contribution in [3.05, 3.63) is 35.6 Å². The monoisotopic (exact) mass is 238 g/mol. The standard InChI is InChI=1S/C14H23FN2/c1-16-9-4-3-5-10-17(2)12-13-7-6-8-14(15)11-13/h6-8,11,16H,3-5,9-10,12H2,1-2H3. The molecule has 0 atom stereocenters. The molecule has 0 aliphatic rings. The Hall–Kier alpha value is -0.930. The first-order valence-corrected chi connectivity index (χ1v) is 6.30. The van der Waals surface area contributed by atoms with Crippen molar-refractivity contribution in [2.75, 3.05) is 27.2 Å². The van der Waals surface area contributed by atoms with E-state index in [4.69, 9.17) is 0 Å². The van der Waals surface area contributed by atoms with E-state index < -0.39 is 0 Å². The molecule has 0 unspecified atom stereocenters. The molecule has 1 aromatic rings. The molecule has 0 radical (unpaired) electrons. The summed E-state index contributed by atoms with van der Waals surface area (Å²) in [7, 11) is 4.07. The summed E-state index contributed by atoms with van der Waals surface area (Å²) in [5.41, 5.74) is 1.04. The molecule has 0 saturated carbocycles. The predicted molar refractivity (Wildman–Crippen MR) is 70.5 cm³/mol. The molecule has 1 rings (SSSR count). The second kappa shape index (κ2) is 8.20. The summed E-state index contributed by atoms with van der Waals surface area (Å²) in [4.78, 5) is 2.24. The highest BCUT2D eigenvalue weighted by Crippen LogP contribution is 2.07. The van der Waals surface area contributed by atoms with Gasteiger partial charge in [0.1, 0.15) is 5.82 Å². The highest BCUT2D eigenvalue weighted by atomic mass is 19.1. The fourth-order valence-electron chi connectivity index (χ4n) is 1.89. The lowest BCUT2D eigenvalue weighted by molar-refractivity contribution is 0.316. The van der Waals surface area contributed by atoms with E-state index >= 15 is 0 Å². The molecule has 0 saturated heterocycles. The minimum absolute atomic E-state index is 0.148. The number of rotatable bonds is 8. The van der Waals surface area contributed by atoms with Gasteiger partial charge in [0.2, 0.25) is 0 Å². The second-order valence-corrected chi connectivity index (χ2v) is 4.53. The highest BCUT2D eigenvalue weighted by molar-refractivity contribution is 5.15. The van der Waals surface area contributed by atoms with E-state index in [0.717, 1.165) is 25.2 Å². The lowest BCUT2D eigenvalue weighted by atomic mass is 10.2. The van der Waals surface area contributed by atoms with E-state index in [-0.39, 0.29) is 5.82 Å². The van der Waals surface area contributed by atoms with Gasteiger partial charge in [-0.05, 0) is 57.7 Å². The number of nitrogens with zero attached hydrogens (tertiary/aromatic N) is 1. The topological polar surface area (TPSA) is 15.3 Å². The molecule has 0 aromatic heterocycles. The van der Waals surface area contributed by atoms with Crippen LogP contribution in [-0.4, -0.2) is 32.1 Å². The number of hydrogen-bond acceptors (Lipinski definition) is 2. The zero-order chi connectivity index (χ0) is 12.5. The van der Waals surface area contributed by atoms with Crippen LogP contribution in [-0.2, 0) is 6.54 Å². The SMILES string of the molecule is CNCCCCCN(C)Cc1cccc(F)c1. The van der Waals surface area contributed by atoms with Gasteiger partial charge in [-0.3, -0.25) is 0 Å². The Morgan fingerprint density at radius 3 is 2.76 bits per heavy atom. The first-order chi connectivity index (χ1) is 8.22. The van der Waals surface area contributed by atoms with Crippen LogP contribution in [0.1, 0.15) is 24.8 Å². The minimum atomic E-state index is -0.148. The van der Waals surface area contributed by atoms with Crippen molar-refractivity contribution in [3.8, 4) is 0 Å². The number of unbranched alkanes of at least 4 members (excludes halogenated alkanes) is 2. The van der Waals surface area contributed by atoms with Gasteiger partial charge in [0.15, 0.2) is 0 Å². The Morgan fingerprint density at radius 2 is 2.06 bits per heavy atom. The molecule has 0 aliphatic carbocycles. The van der Waals surface area contributed by atoms with Gasteiger partial charge in [0.25, 0.3) is 0 Å². The summed E-state index contributed by atoms with van der Waals surface area (Å²) in [6.07, 6.45) is 3.67. The van der Waals surface area contributed by atoms with Crippen LogP contribution in [0.3, 0.4) is 0 Å². The summed E-state index contributed by atoms with van der Waals surface area (Å²) in [5.74, 6) is -0.148. The lowest BCUT2D eigenvalue weighted by Crippen LogP contribution is -2.19. The van der Waals surface area contributed by atoms with Gasteiger partial charge in [-0.25, -0.2) is 4.39 Å². The summed E-state index contributed by atoms with van der Waals surface area (Å²) >= 11 is 0. The van der Waals surface area contributed by atoms with E-state index in [9.17, 15) is 4.39 Å². The van der Waals surface area contributed by atoms with Crippen LogP contribution >= 0.6 is 0 Å². The van der Waals surface area contributed by atoms with Crippen LogP contribution in [0.25, 0.3) is 0 Å². The van der Waals surface area contributed by atoms with Gasteiger partial charge < -0.3 is 10.2 Å². The van der Waals surface area contributed by atoms with Gasteiger partial charge in [0, 0.05) is 6.54 Å². The number of benzene rings is 1. The molecule has 0 fully saturated rings. The molecule has 0 aliphatic heterocycles. The third kappa shape index (κ3) is 6.39. The van der Waals surface area contributed by atoms with Crippen LogP contribution in [0.2, 0.25) is 0 Å². The van der Waals surface area contributed by atoms with Gasteiger partial charge >= 0.3 is 0 Å². The maximum atomic E-state index is 13.0. The van der Waals surface area contributed by atoms with E-state index in [1.165, 1.54) is 25.3 Å². The molecule has 3 heteroatoms. The molecular formula is C14H23FN2. The number of halogens is 1. The molecule has 17 heavy (non-hydrogen) atoms. The van der Waals surface area contributed by atoms with Crippen molar-refractivity contribution in [1.29, 1.82) is 0 Å². The lowest BCUT2D eigenvalue weighted by Gasteiger charge is -2.16. The van der Waals surface area contributed by atoms with Crippen molar-refractivity contribution in [1.82, 2.24) is 10.2 Å². The first kappa shape index (κ1) is 14.1. The maximum Gasteiger partial charge on any atom is 0.123 e. The van der Waals surface area contributed by atoms with Crippen LogP contribution in [0, 0.1) is 5.82 Å². The van der Waals surface area contributed by atoms with E-state index in [1.807, 2.05) is 13.1 Å². The zero-order valence-corrected chi connectivity index (χ0v) is 10.9. The van der Waals surface area contributed by atoms with Crippen LogP contribution in [0.5, 0.6) is 0 Å². The van der Waals surface area contributed by atoms with E-state index in [2.05, 4.69) is 17.3 Å². The van der Waals surface area contributed by atoms with Crippen LogP contribution < -0.4 is 5.32 Å². The fraction of sp³-hybridized carbons (Fsp3) is 0.571. The van der Waals surface area contributed by atoms with Gasteiger partial charge in [-0.2, -0.15) is 0 Å². The van der Waals surface area contributed by atoms with Crippen molar-refractivity contribution < 1.29 is 4.39 Å². The molecule has 0 amide bonds. The Bertz CT molecular complexity index is 315. The summed E-state index contributed by atoms with van der Waals surface area (Å²) in [6.45, 7) is 2.98. The van der Waals surface area contributed by atoms with E-state index in [1.54, 1.807) is 12.1 Å². The molecular weight excluding hydrogens is 215 g/mol. The Balaban J connectivity index is 2.18. The molecule has 1 aromatic carbocycles. The predicted octanol–water partition coefficient (Wildman–Crippen LogP) is 2.65. The van der Waals surface area contributed by atoms with Crippen LogP contribution in [0.15, 0.2) is 24.3 Å². The third-order valence-corrected chi connectivity index (χ3v) is 2.81. The normalized spacial score (nSPS) is 11.1. The largest absolute Gasteiger partial charge is 0.320 e. The summed E-state index contributed by atoms with van der Waals surface area (Å²) < 4.78 is 13.0. The quantitative estimate of drug-likeness (QED) is 0.700. The van der Waals surface area contributed by atoms with Crippen molar-refractivity contribution in [3.63, 3.8) is 0 Å². The molecule has 96 valence electrons. The number of nitrogens with one attached hydrogen (secondary N) is 1. The van der Waals surface area contributed by atoms with E-state index in [0.29, 0.717) is 0 Å². The molecule has 1 N–H and O–H groups in total. The van der Waals surface area contributed by atoms with Gasteiger partial charge in [-0.15, -0.1) is 0 Å². The molecule has 2 nitrogen and oxygen atoms in total. The smallest absolute Gasteiger partial charge is 0.123 e. The second-order valence-electron chi connectivity index (χ2n) is 4.53. The van der Waals surface area contributed by atoms with Crippen LogP contribution in [0.4, 0.5) is 4.39 Å². The summed E-state index contributed by atoms with van der Waals surface area (Å²) in [5, 5.41) is 3.15. The Labute approximate surface area is 104 Å². The van der Waals surface area contributed by atoms with Gasteiger partial charge in [0.05, 0.1) is 0 Å². The van der Waals surface area contributed by atoms with Gasteiger partial charge in [-0.1, -0.05) is 18.6 Å². The third-order valence-electron chi connectivity index (χ3n) is 2.81. The van der Waals surface area contributed by atoms with Crippen molar-refractivity contribution in [2.24, 2.45) is 0 Å². The molecule has 0 heterocycles. The first-order valence-electron chi connectivity index (χ1n) is 6.30. The fourth-order valence-corrected chi connectivity index (χ4v) is 1.89. The van der Waals surface area contributed by atoms with Crippen molar-refractivity contribution >= 4 is 0 Å². The average molecular weight is 238 g/mol.